The van der Waals surface area contributed by atoms with Gasteiger partial charge in [-0.1, -0.05) is 27.7 Å². The molecule has 0 saturated carbocycles. The summed E-state index contributed by atoms with van der Waals surface area (Å²) >= 11 is 0. The third kappa shape index (κ3) is 3.49. The highest BCUT2D eigenvalue weighted by atomic mass is 16.5. The molecule has 0 aromatic heterocycles. The number of hydrogen-bond donors (Lipinski definition) is 1. The van der Waals surface area contributed by atoms with Gasteiger partial charge in [0, 0.05) is 0 Å². The van der Waals surface area contributed by atoms with Crippen LogP contribution in [0.2, 0.25) is 0 Å². The minimum atomic E-state index is -0.930. The minimum absolute atomic E-state index is 0.0916. The summed E-state index contributed by atoms with van der Waals surface area (Å²) in [6.45, 7) is 9.84. The average Bonchev–Trinajstić information content (AvgIpc) is 2.17. The predicted molar refractivity (Wildman–Crippen MR) is 60.5 cm³/mol. The Morgan fingerprint density at radius 2 is 1.73 bits per heavy atom. The van der Waals surface area contributed by atoms with Crippen molar-refractivity contribution in [3.05, 3.63) is 0 Å². The second-order valence-corrected chi connectivity index (χ2v) is 4.28. The zero-order valence-corrected chi connectivity index (χ0v) is 10.5. The molecule has 0 aromatic carbocycles. The molecule has 0 aliphatic rings. The van der Waals surface area contributed by atoms with Gasteiger partial charge in [-0.25, -0.2) is 0 Å². The quantitative estimate of drug-likeness (QED) is 0.693. The summed E-state index contributed by atoms with van der Waals surface area (Å²) in [7, 11) is 0. The van der Waals surface area contributed by atoms with E-state index < -0.39 is 11.5 Å². The van der Waals surface area contributed by atoms with Gasteiger partial charge in [-0.2, -0.15) is 0 Å². The van der Waals surface area contributed by atoms with Crippen LogP contribution >= 0.6 is 0 Å². The second-order valence-electron chi connectivity index (χ2n) is 4.28. The number of carbonyl (C=O) groups is 1. The van der Waals surface area contributed by atoms with E-state index in [9.17, 15) is 9.90 Å². The number of carbonyl (C=O) groups excluding carboxylic acids is 1. The van der Waals surface area contributed by atoms with Crippen molar-refractivity contribution in [2.45, 2.75) is 53.1 Å². The predicted octanol–water partition coefficient (Wildman–Crippen LogP) is 2.37. The molecule has 3 heteroatoms. The van der Waals surface area contributed by atoms with Crippen LogP contribution in [-0.4, -0.2) is 23.3 Å². The van der Waals surface area contributed by atoms with Crippen LogP contribution in [0.1, 0.15) is 47.5 Å². The third-order valence-corrected chi connectivity index (χ3v) is 3.01. The Balaban J connectivity index is 4.86. The fourth-order valence-corrected chi connectivity index (χ4v) is 2.03. The fourth-order valence-electron chi connectivity index (χ4n) is 2.03. The first kappa shape index (κ1) is 14.4. The van der Waals surface area contributed by atoms with Crippen LogP contribution in [0.15, 0.2) is 0 Å². The largest absolute Gasteiger partial charge is 0.466 e. The van der Waals surface area contributed by atoms with E-state index >= 15 is 0 Å². The maximum atomic E-state index is 11.8. The summed E-state index contributed by atoms with van der Waals surface area (Å²) in [5.41, 5.74) is -0.930. The van der Waals surface area contributed by atoms with Crippen molar-refractivity contribution in [1.82, 2.24) is 0 Å². The number of ether oxygens (including phenoxy) is 1. The first-order chi connectivity index (χ1) is 6.92. The van der Waals surface area contributed by atoms with E-state index in [0.29, 0.717) is 19.4 Å². The van der Waals surface area contributed by atoms with Gasteiger partial charge in [0.15, 0.2) is 0 Å². The standard InChI is InChI=1S/C12H24O3/c1-6-12(14,7-2)10(9(4)5)11(13)15-8-3/h9-10,14H,6-8H2,1-5H3. The highest BCUT2D eigenvalue weighted by Crippen LogP contribution is 2.32. The lowest BCUT2D eigenvalue weighted by atomic mass is 9.76. The molecule has 0 radical (unpaired) electrons. The molecule has 0 aromatic rings. The highest BCUT2D eigenvalue weighted by molar-refractivity contribution is 5.74. The normalized spacial score (nSPS) is 14.1. The van der Waals surface area contributed by atoms with Crippen molar-refractivity contribution in [2.24, 2.45) is 11.8 Å². The van der Waals surface area contributed by atoms with E-state index in [4.69, 9.17) is 4.74 Å². The SMILES string of the molecule is CCOC(=O)C(C(C)C)C(O)(CC)CC. The molecule has 1 N–H and O–H groups in total. The van der Waals surface area contributed by atoms with E-state index in [2.05, 4.69) is 0 Å². The summed E-state index contributed by atoms with van der Waals surface area (Å²) in [5, 5.41) is 10.4. The van der Waals surface area contributed by atoms with Gasteiger partial charge in [0.05, 0.1) is 18.1 Å². The van der Waals surface area contributed by atoms with Crippen molar-refractivity contribution in [3.63, 3.8) is 0 Å². The molecular formula is C12H24O3. The molecule has 0 rings (SSSR count). The van der Waals surface area contributed by atoms with Crippen molar-refractivity contribution in [2.75, 3.05) is 6.61 Å². The summed E-state index contributed by atoms with van der Waals surface area (Å²) in [4.78, 5) is 11.8. The van der Waals surface area contributed by atoms with Crippen molar-refractivity contribution in [3.8, 4) is 0 Å². The molecule has 3 nitrogen and oxygen atoms in total. The summed E-state index contributed by atoms with van der Waals surface area (Å²) < 4.78 is 5.02. The summed E-state index contributed by atoms with van der Waals surface area (Å²) in [6, 6.07) is 0. The first-order valence-electron chi connectivity index (χ1n) is 5.81. The molecular weight excluding hydrogens is 192 g/mol. The van der Waals surface area contributed by atoms with E-state index in [1.54, 1.807) is 6.92 Å². The molecule has 15 heavy (non-hydrogen) atoms. The first-order valence-corrected chi connectivity index (χ1v) is 5.81. The Hall–Kier alpha value is -0.570. The van der Waals surface area contributed by atoms with E-state index in [1.807, 2.05) is 27.7 Å². The lowest BCUT2D eigenvalue weighted by molar-refractivity contribution is -0.162. The molecule has 0 amide bonds. The van der Waals surface area contributed by atoms with Crippen molar-refractivity contribution >= 4 is 5.97 Å². The smallest absolute Gasteiger partial charge is 0.312 e. The van der Waals surface area contributed by atoms with Crippen LogP contribution in [-0.2, 0) is 9.53 Å². The van der Waals surface area contributed by atoms with Gasteiger partial charge in [0.2, 0.25) is 0 Å². The van der Waals surface area contributed by atoms with E-state index in [1.165, 1.54) is 0 Å². The molecule has 0 heterocycles. The second kappa shape index (κ2) is 6.11. The van der Waals surface area contributed by atoms with Gasteiger partial charge in [-0.3, -0.25) is 4.79 Å². The van der Waals surface area contributed by atoms with Crippen molar-refractivity contribution < 1.29 is 14.6 Å². The van der Waals surface area contributed by atoms with Gasteiger partial charge < -0.3 is 9.84 Å². The van der Waals surface area contributed by atoms with Crippen LogP contribution in [0.25, 0.3) is 0 Å². The van der Waals surface area contributed by atoms with E-state index in [-0.39, 0.29) is 11.9 Å². The Labute approximate surface area is 92.8 Å². The maximum Gasteiger partial charge on any atom is 0.312 e. The highest BCUT2D eigenvalue weighted by Gasteiger charge is 2.41. The lowest BCUT2D eigenvalue weighted by Gasteiger charge is -2.35. The number of esters is 1. The van der Waals surface area contributed by atoms with E-state index in [0.717, 1.165) is 0 Å². The molecule has 0 aliphatic heterocycles. The summed E-state index contributed by atoms with van der Waals surface area (Å²) in [5.74, 6) is -0.611. The van der Waals surface area contributed by atoms with Gasteiger partial charge >= 0.3 is 5.97 Å². The molecule has 1 atom stereocenters. The zero-order valence-electron chi connectivity index (χ0n) is 10.5. The molecule has 0 spiro atoms. The Bertz CT molecular complexity index is 195. The molecule has 0 bridgehead atoms. The van der Waals surface area contributed by atoms with Crippen LogP contribution in [0.3, 0.4) is 0 Å². The number of aliphatic hydroxyl groups is 1. The van der Waals surface area contributed by atoms with Gasteiger partial charge in [-0.05, 0) is 25.7 Å². The molecule has 1 unspecified atom stereocenters. The monoisotopic (exact) mass is 216 g/mol. The zero-order chi connectivity index (χ0) is 12.1. The molecule has 0 aliphatic carbocycles. The maximum absolute atomic E-state index is 11.8. The fraction of sp³-hybridized carbons (Fsp3) is 0.917. The topological polar surface area (TPSA) is 46.5 Å². The molecule has 90 valence electrons. The van der Waals surface area contributed by atoms with Crippen molar-refractivity contribution in [1.29, 1.82) is 0 Å². The average molecular weight is 216 g/mol. The minimum Gasteiger partial charge on any atom is -0.466 e. The van der Waals surface area contributed by atoms with Gasteiger partial charge in [0.1, 0.15) is 0 Å². The third-order valence-electron chi connectivity index (χ3n) is 3.01. The molecule has 0 saturated heterocycles. The number of hydrogen-bond acceptors (Lipinski definition) is 3. The molecule has 0 fully saturated rings. The summed E-state index contributed by atoms with van der Waals surface area (Å²) in [6.07, 6.45) is 1.15. The van der Waals surface area contributed by atoms with Crippen LogP contribution in [0, 0.1) is 11.8 Å². The van der Waals surface area contributed by atoms with Crippen LogP contribution in [0.5, 0.6) is 0 Å². The Morgan fingerprint density at radius 1 is 1.27 bits per heavy atom. The van der Waals surface area contributed by atoms with Gasteiger partial charge in [0.25, 0.3) is 0 Å². The number of rotatable bonds is 6. The lowest BCUT2D eigenvalue weighted by Crippen LogP contribution is -2.45. The van der Waals surface area contributed by atoms with Gasteiger partial charge in [-0.15, -0.1) is 0 Å². The Morgan fingerprint density at radius 3 is 2.00 bits per heavy atom. The van der Waals surface area contributed by atoms with Crippen LogP contribution < -0.4 is 0 Å². The van der Waals surface area contributed by atoms with Crippen LogP contribution in [0.4, 0.5) is 0 Å². The Kier molecular flexibility index (Phi) is 5.88.